The van der Waals surface area contributed by atoms with E-state index in [-0.39, 0.29) is 11.4 Å². The fourth-order valence-electron chi connectivity index (χ4n) is 3.61. The molecule has 32 heavy (non-hydrogen) atoms. The van der Waals surface area contributed by atoms with E-state index in [2.05, 4.69) is 20.3 Å². The molecule has 0 fully saturated rings. The zero-order chi connectivity index (χ0) is 22.5. The van der Waals surface area contributed by atoms with Crippen LogP contribution in [0.3, 0.4) is 0 Å². The fourth-order valence-corrected chi connectivity index (χ4v) is 3.61. The van der Waals surface area contributed by atoms with Crippen LogP contribution in [0.5, 0.6) is 0 Å². The zero-order valence-corrected chi connectivity index (χ0v) is 17.2. The Labute approximate surface area is 181 Å². The van der Waals surface area contributed by atoms with Crippen molar-refractivity contribution < 1.29 is 17.6 Å². The van der Waals surface area contributed by atoms with Crippen LogP contribution in [0.4, 0.5) is 19.1 Å². The molecule has 0 radical (unpaired) electrons. The quantitative estimate of drug-likeness (QED) is 0.352. The Kier molecular flexibility index (Phi) is 4.58. The molecule has 1 N–H and O–H groups in total. The molecule has 8 heteroatoms. The van der Waals surface area contributed by atoms with Crippen molar-refractivity contribution in [1.82, 2.24) is 15.0 Å². The maximum absolute atomic E-state index is 13.0. The maximum Gasteiger partial charge on any atom is 0.416 e. The molecule has 0 amide bonds. The second-order valence-electron chi connectivity index (χ2n) is 7.45. The summed E-state index contributed by atoms with van der Waals surface area (Å²) in [6.07, 6.45) is -2.67. The number of aryl methyl sites for hydroxylation is 1. The van der Waals surface area contributed by atoms with Gasteiger partial charge >= 0.3 is 6.18 Å². The van der Waals surface area contributed by atoms with Crippen LogP contribution in [-0.4, -0.2) is 22.0 Å². The molecular weight excluding hydrogens is 417 g/mol. The number of nitrogens with zero attached hydrogens (tertiary/aromatic N) is 3. The number of benzene rings is 3. The summed E-state index contributed by atoms with van der Waals surface area (Å²) in [6.45, 7) is 1.99. The lowest BCUT2D eigenvalue weighted by atomic mass is 9.97. The lowest BCUT2D eigenvalue weighted by Crippen LogP contribution is -2.03. The summed E-state index contributed by atoms with van der Waals surface area (Å²) in [5.41, 5.74) is 4.18. The molecule has 160 valence electrons. The van der Waals surface area contributed by atoms with Gasteiger partial charge in [0.05, 0.1) is 11.1 Å². The molecule has 0 saturated heterocycles. The summed E-state index contributed by atoms with van der Waals surface area (Å²) >= 11 is 0. The first-order chi connectivity index (χ1) is 15.3. The highest BCUT2D eigenvalue weighted by molar-refractivity contribution is 5.86. The van der Waals surface area contributed by atoms with Crippen LogP contribution >= 0.6 is 0 Å². The van der Waals surface area contributed by atoms with Gasteiger partial charge in [0, 0.05) is 24.2 Å². The van der Waals surface area contributed by atoms with Crippen molar-refractivity contribution in [3.8, 4) is 22.6 Å². The lowest BCUT2D eigenvalue weighted by Gasteiger charge is -2.09. The summed E-state index contributed by atoms with van der Waals surface area (Å²) in [5.74, 6) is 0.816. The van der Waals surface area contributed by atoms with Gasteiger partial charge < -0.3 is 9.73 Å². The van der Waals surface area contributed by atoms with Crippen LogP contribution in [-0.2, 0) is 6.18 Å². The highest BCUT2D eigenvalue weighted by Gasteiger charge is 2.31. The summed E-state index contributed by atoms with van der Waals surface area (Å²) in [4.78, 5) is 13.0. The van der Waals surface area contributed by atoms with Gasteiger partial charge in [0.2, 0.25) is 11.8 Å². The first-order valence-corrected chi connectivity index (χ1v) is 9.85. The first kappa shape index (κ1) is 20.0. The van der Waals surface area contributed by atoms with Gasteiger partial charge in [0.15, 0.2) is 5.58 Å². The largest absolute Gasteiger partial charge is 0.436 e. The third-order valence-electron chi connectivity index (χ3n) is 5.31. The Balaban J connectivity index is 1.57. The molecule has 5 aromatic rings. The van der Waals surface area contributed by atoms with E-state index in [9.17, 15) is 13.2 Å². The van der Waals surface area contributed by atoms with E-state index in [0.29, 0.717) is 17.1 Å². The van der Waals surface area contributed by atoms with Gasteiger partial charge in [-0.05, 0) is 66.1 Å². The van der Waals surface area contributed by atoms with Crippen LogP contribution in [0, 0.1) is 6.92 Å². The molecule has 0 atom stereocenters. The normalized spacial score (nSPS) is 11.9. The van der Waals surface area contributed by atoms with Gasteiger partial charge in [-0.2, -0.15) is 13.2 Å². The standard InChI is InChI=1S/C24H17F3N4O/c1-13-3-4-15(22-30-20-11-17(24(25,26)27)6-8-21(20)32-22)10-18(13)14-5-7-19-16(9-14)12-29-23(28-2)31-19/h3-12H,1-2H3,(H,28,29,31). The highest BCUT2D eigenvalue weighted by atomic mass is 19.4. The predicted molar refractivity (Wildman–Crippen MR) is 117 cm³/mol. The highest BCUT2D eigenvalue weighted by Crippen LogP contribution is 2.35. The van der Waals surface area contributed by atoms with E-state index in [1.165, 1.54) is 6.07 Å². The number of fused-ring (bicyclic) bond motifs is 2. The Bertz CT molecular complexity index is 1470. The van der Waals surface area contributed by atoms with E-state index < -0.39 is 11.7 Å². The Morgan fingerprint density at radius 2 is 1.69 bits per heavy atom. The number of hydrogen-bond acceptors (Lipinski definition) is 5. The average molecular weight is 434 g/mol. The van der Waals surface area contributed by atoms with E-state index in [1.807, 2.05) is 43.3 Å². The van der Waals surface area contributed by atoms with Gasteiger partial charge in [-0.15, -0.1) is 0 Å². The first-order valence-electron chi connectivity index (χ1n) is 9.85. The molecule has 0 saturated carbocycles. The van der Waals surface area contributed by atoms with Crippen molar-refractivity contribution in [3.05, 3.63) is 71.9 Å². The molecule has 5 nitrogen and oxygen atoms in total. The summed E-state index contributed by atoms with van der Waals surface area (Å²) in [7, 11) is 1.76. The minimum absolute atomic E-state index is 0.167. The van der Waals surface area contributed by atoms with Crippen molar-refractivity contribution >= 4 is 28.0 Å². The van der Waals surface area contributed by atoms with Crippen LogP contribution in [0.1, 0.15) is 11.1 Å². The Hall–Kier alpha value is -3.94. The van der Waals surface area contributed by atoms with Crippen LogP contribution < -0.4 is 5.32 Å². The van der Waals surface area contributed by atoms with Gasteiger partial charge in [-0.3, -0.25) is 0 Å². The minimum atomic E-state index is -4.43. The summed E-state index contributed by atoms with van der Waals surface area (Å²) in [5, 5.41) is 3.82. The number of anilines is 1. The number of oxazole rings is 1. The average Bonchev–Trinajstić information content (AvgIpc) is 3.21. The van der Waals surface area contributed by atoms with Crippen LogP contribution in [0.2, 0.25) is 0 Å². The second-order valence-corrected chi connectivity index (χ2v) is 7.45. The van der Waals surface area contributed by atoms with E-state index in [4.69, 9.17) is 4.42 Å². The molecule has 0 aliphatic rings. The van der Waals surface area contributed by atoms with Crippen molar-refractivity contribution in [2.45, 2.75) is 13.1 Å². The van der Waals surface area contributed by atoms with E-state index in [0.717, 1.165) is 39.7 Å². The molecule has 2 aromatic heterocycles. The number of hydrogen-bond donors (Lipinski definition) is 1. The number of halogens is 3. The second kappa shape index (κ2) is 7.33. The predicted octanol–water partition coefficient (Wildman–Crippen LogP) is 6.47. The molecule has 0 spiro atoms. The number of nitrogens with one attached hydrogen (secondary N) is 1. The molecule has 0 unspecified atom stereocenters. The van der Waals surface area contributed by atoms with Crippen molar-refractivity contribution in [3.63, 3.8) is 0 Å². The van der Waals surface area contributed by atoms with Crippen molar-refractivity contribution in [2.75, 3.05) is 12.4 Å². The third-order valence-corrected chi connectivity index (χ3v) is 5.31. The van der Waals surface area contributed by atoms with Gasteiger partial charge in [-0.25, -0.2) is 15.0 Å². The Morgan fingerprint density at radius 1 is 0.875 bits per heavy atom. The molecule has 0 bridgehead atoms. The molecule has 0 aliphatic heterocycles. The number of aromatic nitrogens is 3. The lowest BCUT2D eigenvalue weighted by molar-refractivity contribution is -0.137. The zero-order valence-electron chi connectivity index (χ0n) is 17.2. The van der Waals surface area contributed by atoms with Crippen molar-refractivity contribution in [1.29, 1.82) is 0 Å². The maximum atomic E-state index is 13.0. The molecule has 2 heterocycles. The van der Waals surface area contributed by atoms with Crippen LogP contribution in [0.15, 0.2) is 65.2 Å². The minimum Gasteiger partial charge on any atom is -0.436 e. The summed E-state index contributed by atoms with van der Waals surface area (Å²) in [6, 6.07) is 14.9. The van der Waals surface area contributed by atoms with E-state index >= 15 is 0 Å². The molecule has 0 aliphatic carbocycles. The monoisotopic (exact) mass is 434 g/mol. The molecular formula is C24H17F3N4O. The summed E-state index contributed by atoms with van der Waals surface area (Å²) < 4.78 is 44.8. The SMILES string of the molecule is CNc1ncc2cc(-c3cc(-c4nc5cc(C(F)(F)F)ccc5o4)ccc3C)ccc2n1. The number of alkyl halides is 3. The fraction of sp³-hybridized carbons (Fsp3) is 0.125. The third kappa shape index (κ3) is 3.53. The van der Waals surface area contributed by atoms with Crippen molar-refractivity contribution in [2.24, 2.45) is 0 Å². The number of rotatable bonds is 3. The van der Waals surface area contributed by atoms with Crippen LogP contribution in [0.25, 0.3) is 44.6 Å². The molecule has 3 aromatic carbocycles. The Morgan fingerprint density at radius 3 is 2.47 bits per heavy atom. The topological polar surface area (TPSA) is 63.8 Å². The van der Waals surface area contributed by atoms with Gasteiger partial charge in [-0.1, -0.05) is 12.1 Å². The smallest absolute Gasteiger partial charge is 0.416 e. The van der Waals surface area contributed by atoms with Gasteiger partial charge in [0.1, 0.15) is 5.52 Å². The molecule has 5 rings (SSSR count). The van der Waals surface area contributed by atoms with E-state index in [1.54, 1.807) is 13.2 Å². The van der Waals surface area contributed by atoms with Gasteiger partial charge in [0.25, 0.3) is 0 Å².